The maximum Gasteiger partial charge on any atom is 0.133 e. The number of nitrogens with zero attached hydrogens (tertiary/aromatic N) is 2. The molecule has 0 aliphatic heterocycles. The molecule has 1 fully saturated rings. The minimum Gasteiger partial charge on any atom is -0.347 e. The minimum atomic E-state index is -0.205. The van der Waals surface area contributed by atoms with Crippen molar-refractivity contribution in [3.8, 4) is 11.3 Å². The Bertz CT molecular complexity index is 923. The van der Waals surface area contributed by atoms with Gasteiger partial charge in [0.2, 0.25) is 0 Å². The van der Waals surface area contributed by atoms with Crippen LogP contribution in [0.4, 0.5) is 4.39 Å². The quantitative estimate of drug-likeness (QED) is 0.572. The predicted octanol–water partition coefficient (Wildman–Crippen LogP) is 5.04. The first-order chi connectivity index (χ1) is 12.5. The zero-order valence-corrected chi connectivity index (χ0v) is 16.3. The largest absolute Gasteiger partial charge is 0.347 e. The number of aromatic nitrogens is 3. The molecule has 26 heavy (non-hydrogen) atoms. The van der Waals surface area contributed by atoms with Gasteiger partial charge in [-0.2, -0.15) is 5.10 Å². The fourth-order valence-corrected chi connectivity index (χ4v) is 4.15. The summed E-state index contributed by atoms with van der Waals surface area (Å²) >= 11 is 1.81. The highest BCUT2D eigenvalue weighted by Crippen LogP contribution is 2.34. The molecule has 0 spiro atoms. The van der Waals surface area contributed by atoms with Crippen molar-refractivity contribution in [1.29, 1.82) is 0 Å². The number of hydrogen-bond acceptors (Lipinski definition) is 3. The number of hydrogen-bond donors (Lipinski definition) is 2. The van der Waals surface area contributed by atoms with E-state index in [9.17, 15) is 4.39 Å². The molecular formula is C20H25FN4S. The van der Waals surface area contributed by atoms with Gasteiger partial charge in [-0.1, -0.05) is 25.8 Å². The average Bonchev–Trinajstić information content (AvgIpc) is 3.23. The van der Waals surface area contributed by atoms with Crippen molar-refractivity contribution in [3.05, 3.63) is 41.5 Å². The third kappa shape index (κ3) is 3.53. The predicted molar refractivity (Wildman–Crippen MR) is 107 cm³/mol. The highest BCUT2D eigenvalue weighted by atomic mass is 32.2. The molecule has 1 aliphatic rings. The summed E-state index contributed by atoms with van der Waals surface area (Å²) in [7, 11) is 0. The van der Waals surface area contributed by atoms with E-state index in [4.69, 9.17) is 0 Å². The smallest absolute Gasteiger partial charge is 0.133 e. The second kappa shape index (κ2) is 7.08. The molecule has 0 atom stereocenters. The number of rotatable bonds is 7. The SMILES string of the molecule is Cc1cn[nH]c1-c1cc2c(cc1F)c(CNSC1CC1)cn2CC(C)C. The summed E-state index contributed by atoms with van der Waals surface area (Å²) in [5.74, 6) is 0.317. The van der Waals surface area contributed by atoms with E-state index >= 15 is 0 Å². The normalized spacial score (nSPS) is 14.7. The van der Waals surface area contributed by atoms with Crippen molar-refractivity contribution in [2.75, 3.05) is 0 Å². The fourth-order valence-electron chi connectivity index (χ4n) is 3.30. The van der Waals surface area contributed by atoms with Crippen LogP contribution in [0.15, 0.2) is 24.5 Å². The van der Waals surface area contributed by atoms with Gasteiger partial charge in [0.25, 0.3) is 0 Å². The highest BCUT2D eigenvalue weighted by molar-refractivity contribution is 7.98. The topological polar surface area (TPSA) is 45.6 Å². The molecule has 0 bridgehead atoms. The monoisotopic (exact) mass is 372 g/mol. The maximum atomic E-state index is 14.9. The summed E-state index contributed by atoms with van der Waals surface area (Å²) in [6.45, 7) is 8.02. The van der Waals surface area contributed by atoms with Gasteiger partial charge < -0.3 is 4.57 Å². The number of nitrogens with one attached hydrogen (secondary N) is 2. The van der Waals surface area contributed by atoms with Crippen molar-refractivity contribution in [2.45, 2.75) is 52.0 Å². The molecule has 0 saturated heterocycles. The number of fused-ring (bicyclic) bond motifs is 1. The van der Waals surface area contributed by atoms with E-state index in [0.29, 0.717) is 11.5 Å². The van der Waals surface area contributed by atoms with Crippen molar-refractivity contribution in [1.82, 2.24) is 19.5 Å². The Kier molecular flexibility index (Phi) is 4.80. The lowest BCUT2D eigenvalue weighted by atomic mass is 10.0. The van der Waals surface area contributed by atoms with Crippen LogP contribution in [0.5, 0.6) is 0 Å². The van der Waals surface area contributed by atoms with Gasteiger partial charge in [0, 0.05) is 41.0 Å². The Hall–Kier alpha value is -1.79. The van der Waals surface area contributed by atoms with E-state index < -0.39 is 0 Å². The molecule has 3 aromatic rings. The molecule has 2 heterocycles. The van der Waals surface area contributed by atoms with Crippen LogP contribution >= 0.6 is 11.9 Å². The van der Waals surface area contributed by atoms with Gasteiger partial charge in [-0.15, -0.1) is 0 Å². The molecule has 4 nitrogen and oxygen atoms in total. The maximum absolute atomic E-state index is 14.9. The number of halogens is 1. The molecule has 1 aliphatic carbocycles. The van der Waals surface area contributed by atoms with Crippen LogP contribution in [0.3, 0.4) is 0 Å². The van der Waals surface area contributed by atoms with E-state index in [1.165, 1.54) is 12.8 Å². The van der Waals surface area contributed by atoms with Gasteiger partial charge >= 0.3 is 0 Å². The Morgan fingerprint density at radius 2 is 2.19 bits per heavy atom. The van der Waals surface area contributed by atoms with Crippen LogP contribution < -0.4 is 4.72 Å². The molecule has 138 valence electrons. The van der Waals surface area contributed by atoms with Crippen molar-refractivity contribution >= 4 is 22.9 Å². The number of aromatic amines is 1. The van der Waals surface area contributed by atoms with Crippen LogP contribution in [0.1, 0.15) is 37.8 Å². The lowest BCUT2D eigenvalue weighted by Gasteiger charge is -2.10. The van der Waals surface area contributed by atoms with Crippen LogP contribution in [-0.2, 0) is 13.1 Å². The Labute approximate surface area is 157 Å². The number of benzene rings is 1. The van der Waals surface area contributed by atoms with Gasteiger partial charge in [0.05, 0.1) is 11.9 Å². The molecule has 1 saturated carbocycles. The Morgan fingerprint density at radius 1 is 1.38 bits per heavy atom. The molecule has 2 N–H and O–H groups in total. The number of aryl methyl sites for hydroxylation is 1. The lowest BCUT2D eigenvalue weighted by molar-refractivity contribution is 0.534. The minimum absolute atomic E-state index is 0.205. The van der Waals surface area contributed by atoms with Crippen LogP contribution in [0, 0.1) is 18.7 Å². The molecule has 0 amide bonds. The summed E-state index contributed by atoms with van der Waals surface area (Å²) < 4.78 is 20.6. The summed E-state index contributed by atoms with van der Waals surface area (Å²) in [6.07, 6.45) is 6.51. The van der Waals surface area contributed by atoms with Gasteiger partial charge in [0.15, 0.2) is 0 Å². The lowest BCUT2D eigenvalue weighted by Crippen LogP contribution is -2.05. The van der Waals surface area contributed by atoms with Gasteiger partial charge in [0.1, 0.15) is 5.82 Å². The van der Waals surface area contributed by atoms with Gasteiger partial charge in [-0.3, -0.25) is 9.82 Å². The van der Waals surface area contributed by atoms with Crippen LogP contribution in [0.2, 0.25) is 0 Å². The van der Waals surface area contributed by atoms with Crippen molar-refractivity contribution < 1.29 is 4.39 Å². The second-order valence-corrected chi connectivity index (χ2v) is 8.81. The molecule has 6 heteroatoms. The summed E-state index contributed by atoms with van der Waals surface area (Å²) in [6, 6.07) is 3.64. The highest BCUT2D eigenvalue weighted by Gasteiger charge is 2.22. The zero-order valence-electron chi connectivity index (χ0n) is 15.5. The van der Waals surface area contributed by atoms with Crippen molar-refractivity contribution in [3.63, 3.8) is 0 Å². The molecule has 2 aromatic heterocycles. The van der Waals surface area contributed by atoms with Crippen LogP contribution in [0.25, 0.3) is 22.2 Å². The number of H-pyrrole nitrogens is 1. The third-order valence-electron chi connectivity index (χ3n) is 4.75. The second-order valence-electron chi connectivity index (χ2n) is 7.62. The van der Waals surface area contributed by atoms with E-state index in [0.717, 1.165) is 46.1 Å². The first-order valence-corrected chi connectivity index (χ1v) is 10.1. The standard InChI is InChI=1S/C20H25FN4S/c1-12(2)10-25-11-14(9-23-26-15-4-5-15)16-6-18(21)17(7-19(16)25)20-13(3)8-22-24-20/h6-8,11-12,15,23H,4-5,9-10H2,1-3H3,(H,22,24). The summed E-state index contributed by atoms with van der Waals surface area (Å²) in [5.41, 5.74) is 4.53. The Balaban J connectivity index is 1.75. The average molecular weight is 373 g/mol. The van der Waals surface area contributed by atoms with Gasteiger partial charge in [-0.25, -0.2) is 4.39 Å². The summed E-state index contributed by atoms with van der Waals surface area (Å²) in [5, 5.41) is 8.73. The molecule has 0 unspecified atom stereocenters. The van der Waals surface area contributed by atoms with E-state index in [-0.39, 0.29) is 5.82 Å². The first-order valence-electron chi connectivity index (χ1n) is 9.23. The van der Waals surface area contributed by atoms with Crippen molar-refractivity contribution in [2.24, 2.45) is 5.92 Å². The van der Waals surface area contributed by atoms with Crippen LogP contribution in [-0.4, -0.2) is 20.0 Å². The molecule has 1 aromatic carbocycles. The first kappa shape index (κ1) is 17.6. The zero-order chi connectivity index (χ0) is 18.3. The Morgan fingerprint density at radius 3 is 2.85 bits per heavy atom. The molecule has 0 radical (unpaired) electrons. The molecule has 4 rings (SSSR count). The van der Waals surface area contributed by atoms with E-state index in [1.54, 1.807) is 12.3 Å². The molecular weight excluding hydrogens is 347 g/mol. The summed E-state index contributed by atoms with van der Waals surface area (Å²) in [4.78, 5) is 0. The third-order valence-corrected chi connectivity index (χ3v) is 5.87. The van der Waals surface area contributed by atoms with Gasteiger partial charge in [-0.05, 0) is 48.9 Å². The fraction of sp³-hybridized carbons (Fsp3) is 0.450. The van der Waals surface area contributed by atoms with E-state index in [1.807, 2.05) is 24.9 Å². The van der Waals surface area contributed by atoms with E-state index in [2.05, 4.69) is 39.5 Å².